The van der Waals surface area contributed by atoms with Crippen molar-refractivity contribution in [1.82, 2.24) is 15.3 Å². The Kier molecular flexibility index (Phi) is 4.30. The van der Waals surface area contributed by atoms with Crippen LogP contribution in [-0.2, 0) is 0 Å². The van der Waals surface area contributed by atoms with Gasteiger partial charge in [-0.05, 0) is 13.8 Å². The first-order valence-electron chi connectivity index (χ1n) is 4.87. The van der Waals surface area contributed by atoms with Gasteiger partial charge in [-0.2, -0.15) is 0 Å². The number of carbonyl (C=O) groups is 1. The molecule has 5 nitrogen and oxygen atoms in total. The molecule has 1 heterocycles. The molecule has 0 aliphatic rings. The maximum absolute atomic E-state index is 11.7. The molecule has 86 valence electrons. The molecule has 1 rings (SSSR count). The van der Waals surface area contributed by atoms with Crippen LogP contribution in [0.3, 0.4) is 0 Å². The van der Waals surface area contributed by atoms with Crippen LogP contribution in [0.5, 0.6) is 0 Å². The Bertz CT molecular complexity index is 390. The van der Waals surface area contributed by atoms with Crippen LogP contribution in [0.25, 0.3) is 0 Å². The van der Waals surface area contributed by atoms with Crippen molar-refractivity contribution in [3.05, 3.63) is 23.8 Å². The van der Waals surface area contributed by atoms with Crippen LogP contribution < -0.4 is 11.1 Å². The van der Waals surface area contributed by atoms with E-state index < -0.39 is 0 Å². The molecule has 0 aliphatic carbocycles. The minimum Gasteiger partial charge on any atom is -0.393 e. The summed E-state index contributed by atoms with van der Waals surface area (Å²) in [4.78, 5) is 20.0. The Morgan fingerprint density at radius 2 is 2.25 bits per heavy atom. The van der Waals surface area contributed by atoms with Crippen LogP contribution in [0.4, 0.5) is 0 Å². The molecule has 0 saturated carbocycles. The van der Waals surface area contributed by atoms with Gasteiger partial charge in [-0.3, -0.25) is 9.78 Å². The first-order valence-corrected chi connectivity index (χ1v) is 5.27. The van der Waals surface area contributed by atoms with E-state index in [0.717, 1.165) is 5.69 Å². The number of thiocarbonyl (C=S) groups is 1. The smallest absolute Gasteiger partial charge is 0.271 e. The van der Waals surface area contributed by atoms with E-state index in [-0.39, 0.29) is 11.9 Å². The van der Waals surface area contributed by atoms with E-state index in [0.29, 0.717) is 17.1 Å². The van der Waals surface area contributed by atoms with Crippen LogP contribution in [0.2, 0.25) is 0 Å². The fraction of sp³-hybridized carbons (Fsp3) is 0.400. The molecule has 0 saturated heterocycles. The summed E-state index contributed by atoms with van der Waals surface area (Å²) in [7, 11) is 0. The summed E-state index contributed by atoms with van der Waals surface area (Å²) in [5.41, 5.74) is 6.44. The minimum atomic E-state index is -0.267. The molecule has 1 aromatic heterocycles. The number of rotatable bonds is 4. The first-order chi connectivity index (χ1) is 7.49. The minimum absolute atomic E-state index is 0.104. The highest BCUT2D eigenvalue weighted by atomic mass is 32.1. The Morgan fingerprint density at radius 3 is 2.75 bits per heavy atom. The van der Waals surface area contributed by atoms with Gasteiger partial charge in [0.2, 0.25) is 0 Å². The highest BCUT2D eigenvalue weighted by Gasteiger charge is 2.11. The lowest BCUT2D eigenvalue weighted by atomic mass is 10.2. The van der Waals surface area contributed by atoms with Gasteiger partial charge in [-0.1, -0.05) is 12.2 Å². The lowest BCUT2D eigenvalue weighted by Crippen LogP contribution is -2.35. The number of nitrogens with two attached hydrogens (primary N) is 1. The zero-order valence-electron chi connectivity index (χ0n) is 9.23. The van der Waals surface area contributed by atoms with E-state index in [4.69, 9.17) is 18.0 Å². The standard InChI is InChI=1S/C10H14N4OS/c1-6(3-9(11)16)14-10(15)8-5-12-7(2)4-13-8/h4-6H,3H2,1-2H3,(H2,11,16)(H,14,15). The van der Waals surface area contributed by atoms with Gasteiger partial charge in [-0.15, -0.1) is 0 Å². The number of nitrogens with zero attached hydrogens (tertiary/aromatic N) is 2. The van der Waals surface area contributed by atoms with Gasteiger partial charge >= 0.3 is 0 Å². The van der Waals surface area contributed by atoms with Crippen molar-refractivity contribution in [2.24, 2.45) is 5.73 Å². The predicted octanol–water partition coefficient (Wildman–Crippen LogP) is 0.580. The van der Waals surface area contributed by atoms with Crippen LogP contribution >= 0.6 is 12.2 Å². The maximum atomic E-state index is 11.7. The highest BCUT2D eigenvalue weighted by molar-refractivity contribution is 7.80. The van der Waals surface area contributed by atoms with Gasteiger partial charge in [0.05, 0.1) is 16.9 Å². The molecule has 0 aliphatic heterocycles. The summed E-state index contributed by atoms with van der Waals surface area (Å²) < 4.78 is 0. The summed E-state index contributed by atoms with van der Waals surface area (Å²) in [6, 6.07) is -0.104. The van der Waals surface area contributed by atoms with Gasteiger partial charge in [0, 0.05) is 18.7 Å². The number of carbonyl (C=O) groups excluding carboxylic acids is 1. The van der Waals surface area contributed by atoms with Crippen molar-refractivity contribution in [3.8, 4) is 0 Å². The molecule has 0 spiro atoms. The van der Waals surface area contributed by atoms with Crippen molar-refractivity contribution in [3.63, 3.8) is 0 Å². The predicted molar refractivity (Wildman–Crippen MR) is 65.1 cm³/mol. The molecule has 1 amide bonds. The van der Waals surface area contributed by atoms with Gasteiger partial charge in [0.15, 0.2) is 0 Å². The number of aromatic nitrogens is 2. The highest BCUT2D eigenvalue weighted by Crippen LogP contribution is 1.97. The van der Waals surface area contributed by atoms with E-state index >= 15 is 0 Å². The number of amides is 1. The Morgan fingerprint density at radius 1 is 1.56 bits per heavy atom. The van der Waals surface area contributed by atoms with Crippen molar-refractivity contribution in [2.75, 3.05) is 0 Å². The molecule has 6 heteroatoms. The zero-order chi connectivity index (χ0) is 12.1. The van der Waals surface area contributed by atoms with Gasteiger partial charge in [-0.25, -0.2) is 4.98 Å². The number of nitrogens with one attached hydrogen (secondary N) is 1. The molecule has 1 unspecified atom stereocenters. The van der Waals surface area contributed by atoms with Crippen molar-refractivity contribution in [1.29, 1.82) is 0 Å². The summed E-state index contributed by atoms with van der Waals surface area (Å²) >= 11 is 4.76. The summed E-state index contributed by atoms with van der Waals surface area (Å²) in [6.45, 7) is 3.64. The van der Waals surface area contributed by atoms with E-state index in [1.54, 1.807) is 6.20 Å². The molecule has 0 bridgehead atoms. The fourth-order valence-corrected chi connectivity index (χ4v) is 1.41. The SMILES string of the molecule is Cc1cnc(C(=O)NC(C)CC(N)=S)cn1. The van der Waals surface area contributed by atoms with E-state index in [9.17, 15) is 4.79 Å². The van der Waals surface area contributed by atoms with Crippen molar-refractivity contribution >= 4 is 23.1 Å². The Labute approximate surface area is 99.5 Å². The monoisotopic (exact) mass is 238 g/mol. The third kappa shape index (κ3) is 3.90. The number of hydrogen-bond acceptors (Lipinski definition) is 4. The summed E-state index contributed by atoms with van der Waals surface area (Å²) in [5, 5.41) is 2.74. The topological polar surface area (TPSA) is 80.9 Å². The first kappa shape index (κ1) is 12.5. The molecule has 0 aromatic carbocycles. The molecular weight excluding hydrogens is 224 g/mol. The number of hydrogen-bond donors (Lipinski definition) is 2. The lowest BCUT2D eigenvalue weighted by molar-refractivity contribution is 0.0936. The van der Waals surface area contributed by atoms with Crippen molar-refractivity contribution < 1.29 is 4.79 Å². The van der Waals surface area contributed by atoms with Gasteiger partial charge in [0.25, 0.3) is 5.91 Å². The molecule has 0 radical (unpaired) electrons. The van der Waals surface area contributed by atoms with Crippen LogP contribution in [-0.4, -0.2) is 26.9 Å². The van der Waals surface area contributed by atoms with E-state index in [1.807, 2.05) is 13.8 Å². The van der Waals surface area contributed by atoms with Crippen LogP contribution in [0.15, 0.2) is 12.4 Å². The third-order valence-corrected chi connectivity index (χ3v) is 2.07. The second-order valence-electron chi connectivity index (χ2n) is 3.59. The molecular formula is C10H14N4OS. The summed E-state index contributed by atoms with van der Waals surface area (Å²) in [6.07, 6.45) is 3.46. The van der Waals surface area contributed by atoms with Crippen molar-refractivity contribution in [2.45, 2.75) is 26.3 Å². The largest absolute Gasteiger partial charge is 0.393 e. The van der Waals surface area contributed by atoms with Crippen LogP contribution in [0, 0.1) is 6.92 Å². The number of aryl methyl sites for hydroxylation is 1. The quantitative estimate of drug-likeness (QED) is 0.750. The Hall–Kier alpha value is -1.56. The maximum Gasteiger partial charge on any atom is 0.271 e. The molecule has 16 heavy (non-hydrogen) atoms. The zero-order valence-corrected chi connectivity index (χ0v) is 10.0. The van der Waals surface area contributed by atoms with Crippen LogP contribution in [0.1, 0.15) is 29.5 Å². The fourth-order valence-electron chi connectivity index (χ4n) is 1.16. The van der Waals surface area contributed by atoms with Gasteiger partial charge < -0.3 is 11.1 Å². The lowest BCUT2D eigenvalue weighted by Gasteiger charge is -2.12. The van der Waals surface area contributed by atoms with E-state index in [1.165, 1.54) is 6.20 Å². The molecule has 3 N–H and O–H groups in total. The molecule has 0 fully saturated rings. The van der Waals surface area contributed by atoms with Gasteiger partial charge in [0.1, 0.15) is 5.69 Å². The van der Waals surface area contributed by atoms with E-state index in [2.05, 4.69) is 15.3 Å². The second-order valence-corrected chi connectivity index (χ2v) is 4.11. The average Bonchev–Trinajstić information content (AvgIpc) is 2.16. The average molecular weight is 238 g/mol. The normalized spacial score (nSPS) is 11.9. The Balaban J connectivity index is 2.58. The molecule has 1 atom stereocenters. The third-order valence-electron chi connectivity index (χ3n) is 1.90. The second kappa shape index (κ2) is 5.50. The molecule has 1 aromatic rings. The summed E-state index contributed by atoms with van der Waals surface area (Å²) in [5.74, 6) is -0.267.